The fourth-order valence-electron chi connectivity index (χ4n) is 2.69. The van der Waals surface area contributed by atoms with Gasteiger partial charge in [-0.1, -0.05) is 37.9 Å². The Labute approximate surface area is 139 Å². The molecule has 0 radical (unpaired) electrons. The third-order valence-corrected chi connectivity index (χ3v) is 5.04. The van der Waals surface area contributed by atoms with Gasteiger partial charge in [0.15, 0.2) is 5.16 Å². The highest BCUT2D eigenvalue weighted by atomic mass is 32.2. The summed E-state index contributed by atoms with van der Waals surface area (Å²) in [5.41, 5.74) is 2.21. The Balaban J connectivity index is 1.93. The number of aromatic nitrogens is 2. The molecule has 1 aromatic rings. The van der Waals surface area contributed by atoms with Gasteiger partial charge in [0.05, 0.1) is 18.9 Å². The number of ether oxygens (including phenoxy) is 1. The van der Waals surface area contributed by atoms with Crippen LogP contribution in [-0.4, -0.2) is 46.9 Å². The summed E-state index contributed by atoms with van der Waals surface area (Å²) in [7, 11) is 0. The molecule has 1 atom stereocenters. The molecule has 124 valence electrons. The molecule has 1 aromatic heterocycles. The summed E-state index contributed by atoms with van der Waals surface area (Å²) in [4.78, 5) is 11.8. The lowest BCUT2D eigenvalue weighted by Crippen LogP contribution is -2.38. The van der Waals surface area contributed by atoms with Crippen LogP contribution in [0.5, 0.6) is 0 Å². The molecule has 1 unspecified atom stereocenters. The predicted octanol–water partition coefficient (Wildman–Crippen LogP) is 3.85. The fraction of sp³-hybridized carbons (Fsp3) is 0.765. The third kappa shape index (κ3) is 5.52. The molecule has 1 aliphatic rings. The predicted molar refractivity (Wildman–Crippen MR) is 92.4 cm³/mol. The first-order valence-electron chi connectivity index (χ1n) is 8.51. The van der Waals surface area contributed by atoms with Crippen molar-refractivity contribution in [1.29, 1.82) is 0 Å². The number of hydrogen-bond donors (Lipinski definition) is 0. The summed E-state index contributed by atoms with van der Waals surface area (Å²) in [5.74, 6) is 1.12. The van der Waals surface area contributed by atoms with E-state index in [1.807, 2.05) is 0 Å². The van der Waals surface area contributed by atoms with Crippen molar-refractivity contribution in [2.45, 2.75) is 57.7 Å². The zero-order chi connectivity index (χ0) is 15.8. The van der Waals surface area contributed by atoms with Crippen LogP contribution in [0, 0.1) is 6.92 Å². The van der Waals surface area contributed by atoms with Crippen LogP contribution in [-0.2, 0) is 4.74 Å². The van der Waals surface area contributed by atoms with Crippen molar-refractivity contribution < 1.29 is 4.74 Å². The Morgan fingerprint density at radius 3 is 2.73 bits per heavy atom. The fourth-order valence-corrected chi connectivity index (χ4v) is 3.60. The Hall–Kier alpha value is -0.650. The van der Waals surface area contributed by atoms with Crippen LogP contribution < -0.4 is 0 Å². The molecule has 0 amide bonds. The summed E-state index contributed by atoms with van der Waals surface area (Å²) in [6.07, 6.45) is 5.18. The highest BCUT2D eigenvalue weighted by Crippen LogP contribution is 2.23. The minimum absolute atomic E-state index is 0.338. The number of aryl methyl sites for hydroxylation is 1. The normalized spacial score (nSPS) is 17.6. The van der Waals surface area contributed by atoms with Gasteiger partial charge in [-0.15, -0.1) is 0 Å². The zero-order valence-electron chi connectivity index (χ0n) is 14.2. The number of morpholine rings is 1. The van der Waals surface area contributed by atoms with Crippen molar-refractivity contribution >= 4 is 11.8 Å². The SMILES string of the molecule is CCCCCCSc1nc(C)cc(C(C)N2CCOCC2)n1. The van der Waals surface area contributed by atoms with Crippen molar-refractivity contribution in [2.24, 2.45) is 0 Å². The van der Waals surface area contributed by atoms with E-state index in [2.05, 4.69) is 36.7 Å². The molecule has 5 heteroatoms. The van der Waals surface area contributed by atoms with Gasteiger partial charge in [0, 0.05) is 30.6 Å². The van der Waals surface area contributed by atoms with Crippen molar-refractivity contribution in [2.75, 3.05) is 32.1 Å². The molecule has 1 saturated heterocycles. The van der Waals surface area contributed by atoms with E-state index in [0.717, 1.165) is 48.6 Å². The van der Waals surface area contributed by atoms with Crippen molar-refractivity contribution in [3.05, 3.63) is 17.5 Å². The van der Waals surface area contributed by atoms with Crippen LogP contribution in [0.25, 0.3) is 0 Å². The van der Waals surface area contributed by atoms with Gasteiger partial charge in [-0.2, -0.15) is 0 Å². The minimum Gasteiger partial charge on any atom is -0.379 e. The van der Waals surface area contributed by atoms with E-state index in [1.54, 1.807) is 11.8 Å². The maximum atomic E-state index is 5.44. The highest BCUT2D eigenvalue weighted by Gasteiger charge is 2.20. The molecular formula is C17H29N3OS. The van der Waals surface area contributed by atoms with Gasteiger partial charge in [0.1, 0.15) is 0 Å². The van der Waals surface area contributed by atoms with Gasteiger partial charge in [0.2, 0.25) is 0 Å². The van der Waals surface area contributed by atoms with Crippen LogP contribution in [0.3, 0.4) is 0 Å². The second kappa shape index (κ2) is 9.48. The van der Waals surface area contributed by atoms with E-state index in [1.165, 1.54) is 25.7 Å². The molecule has 0 N–H and O–H groups in total. The molecule has 4 nitrogen and oxygen atoms in total. The highest BCUT2D eigenvalue weighted by molar-refractivity contribution is 7.99. The van der Waals surface area contributed by atoms with E-state index < -0.39 is 0 Å². The molecule has 2 heterocycles. The summed E-state index contributed by atoms with van der Waals surface area (Å²) in [6.45, 7) is 10.2. The zero-order valence-corrected chi connectivity index (χ0v) is 15.0. The molecule has 2 rings (SSSR count). The smallest absolute Gasteiger partial charge is 0.188 e. The van der Waals surface area contributed by atoms with E-state index in [9.17, 15) is 0 Å². The average molecular weight is 324 g/mol. The van der Waals surface area contributed by atoms with Crippen LogP contribution >= 0.6 is 11.8 Å². The maximum Gasteiger partial charge on any atom is 0.188 e. The van der Waals surface area contributed by atoms with Crippen molar-refractivity contribution in [1.82, 2.24) is 14.9 Å². The van der Waals surface area contributed by atoms with E-state index in [-0.39, 0.29) is 0 Å². The number of thioether (sulfide) groups is 1. The molecule has 0 aromatic carbocycles. The summed E-state index contributed by atoms with van der Waals surface area (Å²) >= 11 is 1.80. The first-order valence-corrected chi connectivity index (χ1v) is 9.49. The largest absolute Gasteiger partial charge is 0.379 e. The number of rotatable bonds is 8. The Morgan fingerprint density at radius 2 is 2.00 bits per heavy atom. The lowest BCUT2D eigenvalue weighted by atomic mass is 10.1. The van der Waals surface area contributed by atoms with Gasteiger partial charge in [-0.05, 0) is 26.3 Å². The number of hydrogen-bond acceptors (Lipinski definition) is 5. The van der Waals surface area contributed by atoms with E-state index >= 15 is 0 Å². The van der Waals surface area contributed by atoms with Crippen molar-refractivity contribution in [3.8, 4) is 0 Å². The second-order valence-corrected chi connectivity index (χ2v) is 7.01. The van der Waals surface area contributed by atoms with Gasteiger partial charge in [-0.3, -0.25) is 4.90 Å². The molecular weight excluding hydrogens is 294 g/mol. The third-order valence-electron chi connectivity index (χ3n) is 4.10. The van der Waals surface area contributed by atoms with Gasteiger partial charge in [0.25, 0.3) is 0 Å². The molecule has 0 spiro atoms. The second-order valence-electron chi connectivity index (χ2n) is 5.95. The van der Waals surface area contributed by atoms with Gasteiger partial charge in [-0.25, -0.2) is 9.97 Å². The van der Waals surface area contributed by atoms with Crippen LogP contribution in [0.1, 0.15) is 57.0 Å². The Bertz CT molecular complexity index is 450. The molecule has 1 fully saturated rings. The average Bonchev–Trinajstić information content (AvgIpc) is 2.54. The summed E-state index contributed by atoms with van der Waals surface area (Å²) < 4.78 is 5.44. The topological polar surface area (TPSA) is 38.2 Å². The van der Waals surface area contributed by atoms with E-state index in [4.69, 9.17) is 9.72 Å². The lowest BCUT2D eigenvalue weighted by molar-refractivity contribution is 0.0189. The first-order chi connectivity index (χ1) is 10.7. The molecule has 0 aliphatic carbocycles. The lowest BCUT2D eigenvalue weighted by Gasteiger charge is -2.32. The Kier molecular flexibility index (Phi) is 7.63. The Morgan fingerprint density at radius 1 is 1.23 bits per heavy atom. The summed E-state index contributed by atoms with van der Waals surface area (Å²) in [6, 6.07) is 2.46. The number of unbranched alkanes of at least 4 members (excludes halogenated alkanes) is 3. The van der Waals surface area contributed by atoms with Crippen LogP contribution in [0.2, 0.25) is 0 Å². The van der Waals surface area contributed by atoms with Gasteiger partial charge >= 0.3 is 0 Å². The first kappa shape index (κ1) is 17.7. The van der Waals surface area contributed by atoms with E-state index in [0.29, 0.717) is 6.04 Å². The molecule has 1 aliphatic heterocycles. The monoisotopic (exact) mass is 323 g/mol. The van der Waals surface area contributed by atoms with Gasteiger partial charge < -0.3 is 4.74 Å². The quantitative estimate of drug-likeness (QED) is 0.413. The number of nitrogens with zero attached hydrogens (tertiary/aromatic N) is 3. The van der Waals surface area contributed by atoms with Crippen LogP contribution in [0.15, 0.2) is 11.2 Å². The molecule has 22 heavy (non-hydrogen) atoms. The molecule has 0 saturated carbocycles. The minimum atomic E-state index is 0.338. The maximum absolute atomic E-state index is 5.44. The van der Waals surface area contributed by atoms with Crippen LogP contribution in [0.4, 0.5) is 0 Å². The van der Waals surface area contributed by atoms with Crippen molar-refractivity contribution in [3.63, 3.8) is 0 Å². The summed E-state index contributed by atoms with van der Waals surface area (Å²) in [5, 5.41) is 0.937. The molecule has 0 bridgehead atoms. The standard InChI is InChI=1S/C17H29N3OS/c1-4-5-6-7-12-22-17-18-14(2)13-16(19-17)15(3)20-8-10-21-11-9-20/h13,15H,4-12H2,1-3H3.